The zero-order valence-corrected chi connectivity index (χ0v) is 44.1. The van der Waals surface area contributed by atoms with Crippen molar-refractivity contribution in [2.75, 3.05) is 14.7 Å². The Kier molecular flexibility index (Phi) is 11.1. The maximum Gasteiger partial charge on any atom is 0.254 e. The normalized spacial score (nSPS) is 15.5. The Balaban J connectivity index is 1.27. The standard InChI is InChI=1S/C65H73BN4/c1-62(2,3)43-26-32-48(33-27-43)68-55-36-30-45(64(7,8)9)39-53(55)66-54-40-46(65(10,11)12)31-37-56(54)70(49-34-28-44(29-35-49)63(4,5)6)61-60(66)58(68)41-59(67-61)69(47-21-14-13-15-22-47)57-38-42-20-16-17-23-50(42)51-24-18-19-25-52(51)57/h13-15,21-22,26-41H,16-20,23-25H2,1-12H3. The lowest BCUT2D eigenvalue weighted by Crippen LogP contribution is -2.62. The summed E-state index contributed by atoms with van der Waals surface area (Å²) in [5, 5.41) is 0. The van der Waals surface area contributed by atoms with E-state index in [0.717, 1.165) is 48.0 Å². The lowest BCUT2D eigenvalue weighted by Gasteiger charge is -2.45. The van der Waals surface area contributed by atoms with E-state index in [1.165, 1.54) is 105 Å². The third-order valence-corrected chi connectivity index (χ3v) is 16.1. The average Bonchev–Trinajstić information content (AvgIpc) is 3.33. The maximum absolute atomic E-state index is 6.16. The number of aromatic nitrogens is 1. The number of hydrogen-bond acceptors (Lipinski definition) is 4. The Hall–Kier alpha value is -6.07. The highest BCUT2D eigenvalue weighted by Crippen LogP contribution is 2.49. The van der Waals surface area contributed by atoms with Gasteiger partial charge in [-0.05, 0) is 189 Å². The molecule has 0 atom stereocenters. The van der Waals surface area contributed by atoms with Gasteiger partial charge < -0.3 is 4.90 Å². The second-order valence-electron chi connectivity index (χ2n) is 25.1. The van der Waals surface area contributed by atoms with Crippen LogP contribution in [0.3, 0.4) is 0 Å². The topological polar surface area (TPSA) is 22.6 Å². The first kappa shape index (κ1) is 46.3. The Morgan fingerprint density at radius 2 is 0.914 bits per heavy atom. The molecule has 4 nitrogen and oxygen atoms in total. The van der Waals surface area contributed by atoms with E-state index in [-0.39, 0.29) is 28.4 Å². The lowest BCUT2D eigenvalue weighted by molar-refractivity contribution is 0.590. The molecule has 70 heavy (non-hydrogen) atoms. The number of aryl methyl sites for hydroxylation is 1. The summed E-state index contributed by atoms with van der Waals surface area (Å²) in [6, 6.07) is 49.6. The summed E-state index contributed by atoms with van der Waals surface area (Å²) in [4.78, 5) is 13.8. The van der Waals surface area contributed by atoms with Crippen molar-refractivity contribution >= 4 is 74.5 Å². The first-order valence-electron chi connectivity index (χ1n) is 26.4. The third kappa shape index (κ3) is 7.96. The van der Waals surface area contributed by atoms with E-state index in [9.17, 15) is 0 Å². The van der Waals surface area contributed by atoms with Crippen LogP contribution in [0.15, 0.2) is 127 Å². The van der Waals surface area contributed by atoms with Crippen molar-refractivity contribution in [3.8, 4) is 0 Å². The highest BCUT2D eigenvalue weighted by atomic mass is 15.3. The van der Waals surface area contributed by atoms with Gasteiger partial charge in [0.25, 0.3) is 6.71 Å². The first-order chi connectivity index (χ1) is 33.3. The molecule has 0 saturated heterocycles. The molecule has 0 spiro atoms. The van der Waals surface area contributed by atoms with Crippen LogP contribution < -0.4 is 31.1 Å². The highest BCUT2D eigenvalue weighted by Gasteiger charge is 2.46. The predicted molar refractivity (Wildman–Crippen MR) is 301 cm³/mol. The number of pyridine rings is 1. The molecule has 3 heterocycles. The predicted octanol–water partition coefficient (Wildman–Crippen LogP) is 15.6. The minimum absolute atomic E-state index is 0.0179. The molecule has 0 unspecified atom stereocenters. The Bertz CT molecular complexity index is 2990. The molecule has 11 rings (SSSR count). The van der Waals surface area contributed by atoms with Crippen molar-refractivity contribution in [2.45, 2.75) is 156 Å². The minimum atomic E-state index is -0.0574. The molecule has 0 amide bonds. The third-order valence-electron chi connectivity index (χ3n) is 16.1. The van der Waals surface area contributed by atoms with Crippen molar-refractivity contribution < 1.29 is 0 Å². The van der Waals surface area contributed by atoms with Crippen molar-refractivity contribution in [1.29, 1.82) is 0 Å². The molecule has 0 radical (unpaired) electrons. The van der Waals surface area contributed by atoms with Gasteiger partial charge in [0, 0.05) is 40.2 Å². The van der Waals surface area contributed by atoms with Crippen LogP contribution in [0.2, 0.25) is 0 Å². The van der Waals surface area contributed by atoms with E-state index in [1.54, 1.807) is 11.1 Å². The van der Waals surface area contributed by atoms with Crippen LogP contribution in [0, 0.1) is 0 Å². The molecule has 4 aliphatic rings. The van der Waals surface area contributed by atoms with E-state index in [2.05, 4.69) is 225 Å². The van der Waals surface area contributed by atoms with Gasteiger partial charge in [0.05, 0.1) is 5.69 Å². The van der Waals surface area contributed by atoms with E-state index >= 15 is 0 Å². The molecule has 6 aromatic carbocycles. The summed E-state index contributed by atoms with van der Waals surface area (Å²) in [6.07, 6.45) is 9.60. The quantitative estimate of drug-likeness (QED) is 0.160. The first-order valence-corrected chi connectivity index (χ1v) is 26.4. The number of rotatable bonds is 5. The molecule has 1 aromatic heterocycles. The summed E-state index contributed by atoms with van der Waals surface area (Å²) in [5.41, 5.74) is 23.8. The van der Waals surface area contributed by atoms with Gasteiger partial charge in [0.15, 0.2) is 0 Å². The number of fused-ring (bicyclic) bond motifs is 7. The number of benzene rings is 6. The van der Waals surface area contributed by atoms with Crippen molar-refractivity contribution in [3.63, 3.8) is 0 Å². The van der Waals surface area contributed by atoms with Crippen LogP contribution in [0.25, 0.3) is 0 Å². The summed E-state index contributed by atoms with van der Waals surface area (Å²) >= 11 is 0. The molecule has 2 aliphatic carbocycles. The van der Waals surface area contributed by atoms with Gasteiger partial charge in [-0.3, -0.25) is 9.80 Å². The van der Waals surface area contributed by atoms with Gasteiger partial charge in [0.1, 0.15) is 11.6 Å². The van der Waals surface area contributed by atoms with Gasteiger partial charge in [-0.2, -0.15) is 0 Å². The summed E-state index contributed by atoms with van der Waals surface area (Å²) < 4.78 is 0. The largest absolute Gasteiger partial charge is 0.311 e. The van der Waals surface area contributed by atoms with Gasteiger partial charge in [0.2, 0.25) is 0 Å². The van der Waals surface area contributed by atoms with Crippen LogP contribution in [-0.2, 0) is 47.3 Å². The molecular formula is C65H73BN4. The molecule has 0 N–H and O–H groups in total. The van der Waals surface area contributed by atoms with Crippen LogP contribution in [0.1, 0.15) is 153 Å². The van der Waals surface area contributed by atoms with Crippen molar-refractivity contribution in [2.24, 2.45) is 0 Å². The molecule has 0 saturated carbocycles. The van der Waals surface area contributed by atoms with Crippen LogP contribution in [-0.4, -0.2) is 11.7 Å². The molecule has 0 fully saturated rings. The number of nitrogens with zero attached hydrogens (tertiary/aromatic N) is 4. The van der Waals surface area contributed by atoms with Crippen LogP contribution in [0.4, 0.5) is 51.4 Å². The summed E-state index contributed by atoms with van der Waals surface area (Å²) in [7, 11) is 0. The zero-order valence-electron chi connectivity index (χ0n) is 44.1. The summed E-state index contributed by atoms with van der Waals surface area (Å²) in [5.74, 6) is 1.94. The van der Waals surface area contributed by atoms with E-state index in [4.69, 9.17) is 4.98 Å². The SMILES string of the molecule is CC(C)(C)c1ccc(N2c3ccc(C(C)(C)C)cc3B3c4cc(C(C)(C)C)ccc4N(c4ccc(C(C)(C)C)cc4)c4nc(N(c5ccccc5)c5cc6c(c7c5CCCC7)CCCC6)cc2c43)cc1. The fourth-order valence-electron chi connectivity index (χ4n) is 12.0. The Morgan fingerprint density at radius 3 is 1.46 bits per heavy atom. The smallest absolute Gasteiger partial charge is 0.254 e. The monoisotopic (exact) mass is 921 g/mol. The maximum atomic E-state index is 6.16. The molecule has 0 bridgehead atoms. The molecule has 5 heteroatoms. The van der Waals surface area contributed by atoms with Crippen LogP contribution in [0.5, 0.6) is 0 Å². The summed E-state index contributed by atoms with van der Waals surface area (Å²) in [6.45, 7) is 27.9. The second-order valence-corrected chi connectivity index (χ2v) is 25.1. The second kappa shape index (κ2) is 16.8. The highest BCUT2D eigenvalue weighted by molar-refractivity contribution is 7.00. The Morgan fingerprint density at radius 1 is 0.443 bits per heavy atom. The van der Waals surface area contributed by atoms with Crippen molar-refractivity contribution in [1.82, 2.24) is 4.98 Å². The molecule has 7 aromatic rings. The van der Waals surface area contributed by atoms with Crippen molar-refractivity contribution in [3.05, 3.63) is 172 Å². The van der Waals surface area contributed by atoms with Gasteiger partial charge >= 0.3 is 0 Å². The molecule has 356 valence electrons. The number of para-hydroxylation sites is 1. The van der Waals surface area contributed by atoms with Gasteiger partial charge in [-0.25, -0.2) is 4.98 Å². The zero-order chi connectivity index (χ0) is 49.1. The minimum Gasteiger partial charge on any atom is -0.311 e. The molecular weight excluding hydrogens is 848 g/mol. The average molecular weight is 921 g/mol. The van der Waals surface area contributed by atoms with Gasteiger partial charge in [-0.15, -0.1) is 0 Å². The fraction of sp³-hybridized carbons (Fsp3) is 0.369. The number of anilines is 9. The molecule has 2 aliphatic heterocycles. The van der Waals surface area contributed by atoms with E-state index in [1.807, 2.05) is 0 Å². The van der Waals surface area contributed by atoms with E-state index < -0.39 is 0 Å². The Labute approximate surface area is 420 Å². The fourth-order valence-corrected chi connectivity index (χ4v) is 12.0. The number of hydrogen-bond donors (Lipinski definition) is 0. The van der Waals surface area contributed by atoms with Gasteiger partial charge in [-0.1, -0.05) is 150 Å². The lowest BCUT2D eigenvalue weighted by atomic mass is 9.33. The van der Waals surface area contributed by atoms with Crippen LogP contribution >= 0.6 is 0 Å². The van der Waals surface area contributed by atoms with E-state index in [0.29, 0.717) is 0 Å².